The largest absolute Gasteiger partial charge is 0.366 e. The van der Waals surface area contributed by atoms with E-state index >= 15 is 0 Å². The second kappa shape index (κ2) is 8.54. The minimum absolute atomic E-state index is 0.0451. The molecule has 2 amide bonds. The highest BCUT2D eigenvalue weighted by atomic mass is 16.2. The number of carbonyl (C=O) groups is 2. The molecule has 2 fully saturated rings. The highest BCUT2D eigenvalue weighted by Gasteiger charge is 2.45. The molecule has 0 unspecified atom stereocenters. The summed E-state index contributed by atoms with van der Waals surface area (Å²) in [4.78, 5) is 33.4. The van der Waals surface area contributed by atoms with Crippen molar-refractivity contribution in [1.29, 1.82) is 0 Å². The van der Waals surface area contributed by atoms with Gasteiger partial charge >= 0.3 is 0 Å². The number of piperidine rings is 1. The van der Waals surface area contributed by atoms with Gasteiger partial charge in [-0.1, -0.05) is 37.5 Å². The number of likely N-dealkylation sites (N-methyl/N-ethyl adjacent to an activating group) is 1. The van der Waals surface area contributed by atoms with Crippen molar-refractivity contribution in [3.63, 3.8) is 0 Å². The standard InChI is InChI=1S/C25H35N3O2/c1-17-10-11-19(16-18(17)2)22-23(27(4)20-12-14-26(3)15-13-20)25(30)28(24(22)29)21-8-6-5-7-9-21/h10-11,16,20-21H,5-9,12-15H2,1-4H3. The van der Waals surface area contributed by atoms with Gasteiger partial charge in [0.2, 0.25) is 0 Å². The van der Waals surface area contributed by atoms with Crippen molar-refractivity contribution in [2.75, 3.05) is 27.2 Å². The third-order valence-electron chi connectivity index (χ3n) is 7.41. The van der Waals surface area contributed by atoms with E-state index in [-0.39, 0.29) is 17.9 Å². The molecule has 30 heavy (non-hydrogen) atoms. The summed E-state index contributed by atoms with van der Waals surface area (Å²) in [6, 6.07) is 6.48. The molecule has 1 aromatic rings. The fraction of sp³-hybridized carbons (Fsp3) is 0.600. The summed E-state index contributed by atoms with van der Waals surface area (Å²) in [6.07, 6.45) is 7.29. The van der Waals surface area contributed by atoms with Crippen LogP contribution in [-0.2, 0) is 9.59 Å². The Labute approximate surface area is 180 Å². The van der Waals surface area contributed by atoms with E-state index in [0.29, 0.717) is 17.3 Å². The Morgan fingerprint density at radius 1 is 0.900 bits per heavy atom. The predicted octanol–water partition coefficient (Wildman–Crippen LogP) is 3.74. The number of imide groups is 1. The van der Waals surface area contributed by atoms with Crippen molar-refractivity contribution in [1.82, 2.24) is 14.7 Å². The molecule has 2 heterocycles. The van der Waals surface area contributed by atoms with Crippen LogP contribution in [0.1, 0.15) is 61.6 Å². The van der Waals surface area contributed by atoms with Gasteiger partial charge in [0.15, 0.2) is 0 Å². The fourth-order valence-electron chi connectivity index (χ4n) is 5.26. The van der Waals surface area contributed by atoms with Crippen molar-refractivity contribution in [3.05, 3.63) is 40.6 Å². The van der Waals surface area contributed by atoms with E-state index in [1.54, 1.807) is 4.90 Å². The van der Waals surface area contributed by atoms with Gasteiger partial charge in [-0.3, -0.25) is 14.5 Å². The summed E-state index contributed by atoms with van der Waals surface area (Å²) in [6.45, 7) is 6.19. The van der Waals surface area contributed by atoms with Gasteiger partial charge in [-0.15, -0.1) is 0 Å². The zero-order chi connectivity index (χ0) is 21.4. The van der Waals surface area contributed by atoms with Crippen LogP contribution in [0.2, 0.25) is 0 Å². The SMILES string of the molecule is Cc1ccc(C2=C(N(C)C3CCN(C)CC3)C(=O)N(C3CCCCC3)C2=O)cc1C. The lowest BCUT2D eigenvalue weighted by Crippen LogP contribution is -2.46. The van der Waals surface area contributed by atoms with Crippen LogP contribution in [-0.4, -0.2) is 65.8 Å². The minimum atomic E-state index is -0.0927. The number of carbonyl (C=O) groups excluding carboxylic acids is 2. The molecular formula is C25H35N3O2. The molecule has 3 aliphatic rings. The first kappa shape index (κ1) is 21.1. The van der Waals surface area contributed by atoms with Gasteiger partial charge in [-0.25, -0.2) is 0 Å². The third kappa shape index (κ3) is 3.80. The van der Waals surface area contributed by atoms with Crippen LogP contribution in [0.25, 0.3) is 5.57 Å². The Bertz CT molecular complexity index is 861. The highest BCUT2D eigenvalue weighted by molar-refractivity contribution is 6.35. The maximum atomic E-state index is 13.7. The third-order valence-corrected chi connectivity index (χ3v) is 7.41. The van der Waals surface area contributed by atoms with Crippen molar-refractivity contribution < 1.29 is 9.59 Å². The molecule has 0 atom stereocenters. The van der Waals surface area contributed by atoms with E-state index in [9.17, 15) is 9.59 Å². The molecule has 0 bridgehead atoms. The van der Waals surface area contributed by atoms with Gasteiger partial charge in [0.25, 0.3) is 11.8 Å². The maximum Gasteiger partial charge on any atom is 0.278 e. The summed E-state index contributed by atoms with van der Waals surface area (Å²) < 4.78 is 0. The number of benzene rings is 1. The molecule has 1 aromatic carbocycles. The van der Waals surface area contributed by atoms with Crippen molar-refractivity contribution in [2.45, 2.75) is 70.9 Å². The molecule has 1 aliphatic carbocycles. The first-order valence-corrected chi connectivity index (χ1v) is 11.5. The van der Waals surface area contributed by atoms with E-state index in [2.05, 4.69) is 42.8 Å². The fourth-order valence-corrected chi connectivity index (χ4v) is 5.26. The number of hydrogen-bond donors (Lipinski definition) is 0. The maximum absolute atomic E-state index is 13.7. The second-order valence-electron chi connectivity index (χ2n) is 9.44. The van der Waals surface area contributed by atoms with Crippen molar-refractivity contribution in [2.24, 2.45) is 0 Å². The van der Waals surface area contributed by atoms with Crippen molar-refractivity contribution in [3.8, 4) is 0 Å². The molecule has 5 heteroatoms. The normalized spacial score (nSPS) is 22.3. The summed E-state index contributed by atoms with van der Waals surface area (Å²) in [5.74, 6) is -0.175. The zero-order valence-electron chi connectivity index (χ0n) is 18.9. The van der Waals surface area contributed by atoms with Gasteiger partial charge < -0.3 is 9.80 Å². The van der Waals surface area contributed by atoms with E-state index in [0.717, 1.165) is 62.7 Å². The van der Waals surface area contributed by atoms with Crippen LogP contribution in [0.3, 0.4) is 0 Å². The van der Waals surface area contributed by atoms with Gasteiger partial charge in [0, 0.05) is 19.1 Å². The Kier molecular flexibility index (Phi) is 6.01. The monoisotopic (exact) mass is 409 g/mol. The molecule has 4 rings (SSSR count). The molecule has 0 aromatic heterocycles. The van der Waals surface area contributed by atoms with Crippen LogP contribution in [0.5, 0.6) is 0 Å². The van der Waals surface area contributed by atoms with Crippen molar-refractivity contribution >= 4 is 17.4 Å². The molecular weight excluding hydrogens is 374 g/mol. The van der Waals surface area contributed by atoms with Gasteiger partial charge in [-0.05, 0) is 76.4 Å². The number of likely N-dealkylation sites (tertiary alicyclic amines) is 1. The number of nitrogens with zero attached hydrogens (tertiary/aromatic N) is 3. The lowest BCUT2D eigenvalue weighted by molar-refractivity contribution is -0.141. The molecule has 2 aliphatic heterocycles. The van der Waals surface area contributed by atoms with Gasteiger partial charge in [0.05, 0.1) is 5.57 Å². The molecule has 5 nitrogen and oxygen atoms in total. The van der Waals surface area contributed by atoms with E-state index in [1.807, 2.05) is 13.1 Å². The average Bonchev–Trinajstić information content (AvgIpc) is 3.01. The predicted molar refractivity (Wildman–Crippen MR) is 120 cm³/mol. The number of aryl methyl sites for hydroxylation is 2. The second-order valence-corrected chi connectivity index (χ2v) is 9.44. The lowest BCUT2D eigenvalue weighted by atomic mass is 9.94. The molecule has 1 saturated carbocycles. The van der Waals surface area contributed by atoms with E-state index in [4.69, 9.17) is 0 Å². The molecule has 0 spiro atoms. The highest BCUT2D eigenvalue weighted by Crippen LogP contribution is 2.37. The van der Waals surface area contributed by atoms with Gasteiger partial charge in [-0.2, -0.15) is 0 Å². The van der Waals surface area contributed by atoms with Crippen LogP contribution < -0.4 is 0 Å². The van der Waals surface area contributed by atoms with Gasteiger partial charge in [0.1, 0.15) is 5.70 Å². The zero-order valence-corrected chi connectivity index (χ0v) is 18.9. The Hall–Kier alpha value is -2.14. The summed E-state index contributed by atoms with van der Waals surface area (Å²) >= 11 is 0. The molecule has 162 valence electrons. The quantitative estimate of drug-likeness (QED) is 0.711. The topological polar surface area (TPSA) is 43.9 Å². The molecule has 0 radical (unpaired) electrons. The van der Waals surface area contributed by atoms with Crippen LogP contribution in [0.4, 0.5) is 0 Å². The Morgan fingerprint density at radius 3 is 2.20 bits per heavy atom. The number of amides is 2. The Morgan fingerprint density at radius 2 is 1.57 bits per heavy atom. The van der Waals surface area contributed by atoms with Crippen LogP contribution >= 0.6 is 0 Å². The number of rotatable bonds is 4. The van der Waals surface area contributed by atoms with Crippen LogP contribution in [0.15, 0.2) is 23.9 Å². The molecule has 1 saturated heterocycles. The summed E-state index contributed by atoms with van der Waals surface area (Å²) in [5.41, 5.74) is 4.45. The average molecular weight is 410 g/mol. The van der Waals surface area contributed by atoms with Crippen LogP contribution in [0, 0.1) is 13.8 Å². The summed E-state index contributed by atoms with van der Waals surface area (Å²) in [7, 11) is 4.16. The first-order valence-electron chi connectivity index (χ1n) is 11.5. The number of hydrogen-bond acceptors (Lipinski definition) is 4. The molecule has 0 N–H and O–H groups in total. The summed E-state index contributed by atoms with van der Waals surface area (Å²) in [5, 5.41) is 0. The van der Waals surface area contributed by atoms with E-state index in [1.165, 1.54) is 12.0 Å². The smallest absolute Gasteiger partial charge is 0.278 e. The minimum Gasteiger partial charge on any atom is -0.366 e. The van der Waals surface area contributed by atoms with E-state index < -0.39 is 0 Å². The first-order chi connectivity index (χ1) is 14.4. The lowest BCUT2D eigenvalue weighted by Gasteiger charge is -2.37. The Balaban J connectivity index is 1.74.